The minimum Gasteiger partial charge on any atom is -0.396 e. The molecular formula is C11H13ClO2. The van der Waals surface area contributed by atoms with Crippen molar-refractivity contribution in [2.75, 3.05) is 19.8 Å². The summed E-state index contributed by atoms with van der Waals surface area (Å²) in [7, 11) is 0. The normalized spacial score (nSPS) is 19.0. The number of benzene rings is 1. The molecule has 0 spiro atoms. The van der Waals surface area contributed by atoms with E-state index in [0.29, 0.717) is 5.92 Å². The second kappa shape index (κ2) is 4.30. The van der Waals surface area contributed by atoms with Gasteiger partial charge in [0.25, 0.3) is 0 Å². The van der Waals surface area contributed by atoms with Crippen LogP contribution in [0.2, 0.25) is 5.02 Å². The zero-order chi connectivity index (χ0) is 9.97. The van der Waals surface area contributed by atoms with Crippen LogP contribution in [-0.4, -0.2) is 24.9 Å². The molecule has 2 rings (SSSR count). The van der Waals surface area contributed by atoms with Crippen molar-refractivity contribution in [1.29, 1.82) is 0 Å². The molecule has 1 atom stereocenters. The maximum atomic E-state index is 9.30. The summed E-state index contributed by atoms with van der Waals surface area (Å²) in [6.45, 7) is 1.69. The lowest BCUT2D eigenvalue weighted by atomic mass is 9.85. The molecule has 1 aliphatic rings. The molecule has 3 heteroatoms. The van der Waals surface area contributed by atoms with E-state index in [0.717, 1.165) is 23.8 Å². The first kappa shape index (κ1) is 9.97. The van der Waals surface area contributed by atoms with Crippen LogP contribution in [0.25, 0.3) is 0 Å². The molecule has 2 nitrogen and oxygen atoms in total. The van der Waals surface area contributed by atoms with E-state index < -0.39 is 0 Å². The predicted octanol–water partition coefficient (Wildman–Crippen LogP) is 2.06. The monoisotopic (exact) mass is 212 g/mol. The molecule has 0 bridgehead atoms. The summed E-state index contributed by atoms with van der Waals surface area (Å²) in [5.41, 5.74) is 1.14. The van der Waals surface area contributed by atoms with Gasteiger partial charge in [-0.2, -0.15) is 0 Å². The Morgan fingerprint density at radius 2 is 2.00 bits per heavy atom. The van der Waals surface area contributed by atoms with Crippen LogP contribution in [0, 0.1) is 5.92 Å². The topological polar surface area (TPSA) is 29.5 Å². The summed E-state index contributed by atoms with van der Waals surface area (Å²) in [6.07, 6.45) is 0. The number of aliphatic hydroxyl groups excluding tert-OH is 1. The van der Waals surface area contributed by atoms with Gasteiger partial charge in [0.15, 0.2) is 0 Å². The van der Waals surface area contributed by atoms with Gasteiger partial charge in [0.1, 0.15) is 0 Å². The highest BCUT2D eigenvalue weighted by Crippen LogP contribution is 2.30. The molecule has 1 fully saturated rings. The van der Waals surface area contributed by atoms with E-state index >= 15 is 0 Å². The Hall–Kier alpha value is -0.570. The number of aliphatic hydroxyl groups is 1. The highest BCUT2D eigenvalue weighted by atomic mass is 35.5. The van der Waals surface area contributed by atoms with Crippen LogP contribution >= 0.6 is 11.6 Å². The van der Waals surface area contributed by atoms with Gasteiger partial charge in [-0.3, -0.25) is 0 Å². The predicted molar refractivity (Wildman–Crippen MR) is 55.6 cm³/mol. The summed E-state index contributed by atoms with van der Waals surface area (Å²) >= 11 is 5.80. The van der Waals surface area contributed by atoms with Crippen LogP contribution in [0.15, 0.2) is 24.3 Å². The van der Waals surface area contributed by atoms with E-state index in [1.54, 1.807) is 0 Å². The lowest BCUT2D eigenvalue weighted by molar-refractivity contribution is -0.0527. The van der Waals surface area contributed by atoms with Gasteiger partial charge < -0.3 is 9.84 Å². The first-order chi connectivity index (χ1) is 6.81. The van der Waals surface area contributed by atoms with Crippen molar-refractivity contribution in [3.8, 4) is 0 Å². The van der Waals surface area contributed by atoms with Gasteiger partial charge in [-0.1, -0.05) is 23.7 Å². The zero-order valence-electron chi connectivity index (χ0n) is 7.82. The van der Waals surface area contributed by atoms with Crippen LogP contribution < -0.4 is 0 Å². The Bertz CT molecular complexity index is 293. The molecule has 76 valence electrons. The molecular weight excluding hydrogens is 200 g/mol. The highest BCUT2D eigenvalue weighted by Gasteiger charge is 2.28. The SMILES string of the molecule is OCC(c1ccc(Cl)cc1)C1COC1. The number of hydrogen-bond acceptors (Lipinski definition) is 2. The van der Waals surface area contributed by atoms with E-state index in [1.165, 1.54) is 0 Å². The van der Waals surface area contributed by atoms with Gasteiger partial charge in [-0.25, -0.2) is 0 Å². The van der Waals surface area contributed by atoms with Gasteiger partial charge in [0, 0.05) is 16.9 Å². The Balaban J connectivity index is 2.14. The molecule has 1 saturated heterocycles. The maximum absolute atomic E-state index is 9.30. The van der Waals surface area contributed by atoms with Gasteiger partial charge >= 0.3 is 0 Å². The first-order valence-electron chi connectivity index (χ1n) is 4.75. The smallest absolute Gasteiger partial charge is 0.0523 e. The molecule has 14 heavy (non-hydrogen) atoms. The summed E-state index contributed by atoms with van der Waals surface area (Å²) in [6, 6.07) is 7.67. The molecule has 1 aromatic rings. The number of hydrogen-bond donors (Lipinski definition) is 1. The molecule has 1 aromatic carbocycles. The average Bonchev–Trinajstić information content (AvgIpc) is 2.13. The van der Waals surface area contributed by atoms with Gasteiger partial charge in [-0.05, 0) is 17.7 Å². The fourth-order valence-corrected chi connectivity index (χ4v) is 1.85. The molecule has 0 amide bonds. The fourth-order valence-electron chi connectivity index (χ4n) is 1.72. The van der Waals surface area contributed by atoms with Crippen molar-refractivity contribution >= 4 is 11.6 Å². The van der Waals surface area contributed by atoms with Crippen LogP contribution in [0.1, 0.15) is 11.5 Å². The Morgan fingerprint density at radius 3 is 2.43 bits per heavy atom. The summed E-state index contributed by atoms with van der Waals surface area (Å²) < 4.78 is 5.13. The van der Waals surface area contributed by atoms with E-state index in [-0.39, 0.29) is 12.5 Å². The summed E-state index contributed by atoms with van der Waals surface area (Å²) in [5, 5.41) is 10.0. The Kier molecular flexibility index (Phi) is 3.06. The number of halogens is 1. The molecule has 0 saturated carbocycles. The number of ether oxygens (including phenoxy) is 1. The van der Waals surface area contributed by atoms with Crippen LogP contribution in [0.5, 0.6) is 0 Å². The van der Waals surface area contributed by atoms with Crippen LogP contribution in [0.3, 0.4) is 0 Å². The van der Waals surface area contributed by atoms with Crippen molar-refractivity contribution in [3.63, 3.8) is 0 Å². The lowest BCUT2D eigenvalue weighted by Crippen LogP contribution is -2.34. The third kappa shape index (κ3) is 1.92. The Morgan fingerprint density at radius 1 is 1.36 bits per heavy atom. The van der Waals surface area contributed by atoms with E-state index in [2.05, 4.69) is 0 Å². The van der Waals surface area contributed by atoms with Crippen molar-refractivity contribution in [2.45, 2.75) is 5.92 Å². The fraction of sp³-hybridized carbons (Fsp3) is 0.455. The van der Waals surface area contributed by atoms with Gasteiger partial charge in [0.2, 0.25) is 0 Å². The maximum Gasteiger partial charge on any atom is 0.0523 e. The second-order valence-electron chi connectivity index (χ2n) is 3.64. The Labute approximate surface area is 88.5 Å². The standard InChI is InChI=1S/C11H13ClO2/c12-10-3-1-8(2-4-10)11(5-13)9-6-14-7-9/h1-4,9,11,13H,5-7H2. The average molecular weight is 213 g/mol. The summed E-state index contributed by atoms with van der Waals surface area (Å²) in [5.74, 6) is 0.655. The molecule has 0 aliphatic carbocycles. The molecule has 0 aromatic heterocycles. The quantitative estimate of drug-likeness (QED) is 0.831. The third-order valence-electron chi connectivity index (χ3n) is 2.73. The minimum absolute atomic E-state index is 0.176. The van der Waals surface area contributed by atoms with Crippen molar-refractivity contribution in [2.24, 2.45) is 5.92 Å². The zero-order valence-corrected chi connectivity index (χ0v) is 8.57. The van der Waals surface area contributed by atoms with E-state index in [1.807, 2.05) is 24.3 Å². The third-order valence-corrected chi connectivity index (χ3v) is 2.98. The van der Waals surface area contributed by atoms with Gasteiger partial charge in [-0.15, -0.1) is 0 Å². The molecule has 0 radical (unpaired) electrons. The number of rotatable bonds is 3. The van der Waals surface area contributed by atoms with E-state index in [9.17, 15) is 5.11 Å². The second-order valence-corrected chi connectivity index (χ2v) is 4.07. The van der Waals surface area contributed by atoms with Crippen molar-refractivity contribution in [3.05, 3.63) is 34.9 Å². The van der Waals surface area contributed by atoms with Crippen molar-refractivity contribution < 1.29 is 9.84 Å². The van der Waals surface area contributed by atoms with Crippen LogP contribution in [0.4, 0.5) is 0 Å². The van der Waals surface area contributed by atoms with Gasteiger partial charge in [0.05, 0.1) is 19.8 Å². The highest BCUT2D eigenvalue weighted by molar-refractivity contribution is 6.30. The molecule has 1 N–H and O–H groups in total. The lowest BCUT2D eigenvalue weighted by Gasteiger charge is -2.32. The first-order valence-corrected chi connectivity index (χ1v) is 5.13. The van der Waals surface area contributed by atoms with Crippen LogP contribution in [-0.2, 0) is 4.74 Å². The van der Waals surface area contributed by atoms with Crippen molar-refractivity contribution in [1.82, 2.24) is 0 Å². The summed E-state index contributed by atoms with van der Waals surface area (Å²) in [4.78, 5) is 0. The molecule has 1 heterocycles. The minimum atomic E-state index is 0.176. The molecule has 1 unspecified atom stereocenters. The largest absolute Gasteiger partial charge is 0.396 e. The van der Waals surface area contributed by atoms with E-state index in [4.69, 9.17) is 16.3 Å². The molecule has 1 aliphatic heterocycles.